The molecule has 1 aliphatic heterocycles. The molecule has 0 aromatic carbocycles. The number of hydrogen-bond acceptors (Lipinski definition) is 2. The molecule has 0 amide bonds. The number of halogens is 2. The molecule has 1 heterocycles. The first kappa shape index (κ1) is 10.6. The summed E-state index contributed by atoms with van der Waals surface area (Å²) in [4.78, 5) is 0. The summed E-state index contributed by atoms with van der Waals surface area (Å²) in [5.41, 5.74) is -2.73. The maximum Gasteiger partial charge on any atom is 0.201 e. The van der Waals surface area contributed by atoms with Crippen LogP contribution in [0.5, 0.6) is 0 Å². The normalized spacial score (nSPS) is 30.2. The van der Waals surface area contributed by atoms with E-state index in [0.29, 0.717) is 12.8 Å². The summed E-state index contributed by atoms with van der Waals surface area (Å²) in [6.07, 6.45) is 1.82. The zero-order valence-electron chi connectivity index (χ0n) is 7.93. The van der Waals surface area contributed by atoms with Crippen molar-refractivity contribution in [2.75, 3.05) is 24.7 Å². The fourth-order valence-electron chi connectivity index (χ4n) is 1.74. The van der Waals surface area contributed by atoms with Crippen molar-refractivity contribution in [3.05, 3.63) is 0 Å². The van der Waals surface area contributed by atoms with Crippen LogP contribution in [0.25, 0.3) is 0 Å². The second kappa shape index (κ2) is 3.61. The van der Waals surface area contributed by atoms with Crippen LogP contribution in [0.15, 0.2) is 0 Å². The van der Waals surface area contributed by atoms with Gasteiger partial charge in [0.25, 0.3) is 0 Å². The van der Waals surface area contributed by atoms with E-state index in [0.717, 1.165) is 6.42 Å². The smallest absolute Gasteiger partial charge is 0.201 e. The maximum absolute atomic E-state index is 13.5. The van der Waals surface area contributed by atoms with Gasteiger partial charge in [0.2, 0.25) is 5.67 Å². The molecule has 82 valence electrons. The molecule has 1 saturated carbocycles. The molecule has 0 aromatic heterocycles. The quantitative estimate of drug-likeness (QED) is 0.675. The summed E-state index contributed by atoms with van der Waals surface area (Å²) < 4.78 is 43.1. The number of alkyl halides is 2. The Morgan fingerprint density at radius 3 is 2.07 bits per heavy atom. The lowest BCUT2D eigenvalue weighted by Gasteiger charge is -2.37. The number of ether oxygens (including phenoxy) is 1. The van der Waals surface area contributed by atoms with Gasteiger partial charge in [-0.05, 0) is 30.4 Å². The van der Waals surface area contributed by atoms with Gasteiger partial charge in [-0.3, -0.25) is 0 Å². The lowest BCUT2D eigenvalue weighted by molar-refractivity contribution is -0.115. The first-order chi connectivity index (χ1) is 6.52. The topological polar surface area (TPSA) is 32.3 Å². The minimum Gasteiger partial charge on any atom is -0.616 e. The summed E-state index contributed by atoms with van der Waals surface area (Å²) in [6.45, 7) is 0.0239. The molecule has 1 saturated heterocycles. The second-order valence-electron chi connectivity index (χ2n) is 4.38. The van der Waals surface area contributed by atoms with Gasteiger partial charge in [-0.25, -0.2) is 8.78 Å². The van der Waals surface area contributed by atoms with Crippen molar-refractivity contribution in [3.8, 4) is 0 Å². The molecule has 14 heavy (non-hydrogen) atoms. The Morgan fingerprint density at radius 1 is 1.14 bits per heavy atom. The lowest BCUT2D eigenvalue weighted by atomic mass is 9.84. The third-order valence-electron chi connectivity index (χ3n) is 2.81. The van der Waals surface area contributed by atoms with Gasteiger partial charge in [-0.1, -0.05) is 0 Å². The van der Waals surface area contributed by atoms with Gasteiger partial charge in [0.1, 0.15) is 11.5 Å². The molecule has 0 radical (unpaired) electrons. The average molecular weight is 224 g/mol. The van der Waals surface area contributed by atoms with E-state index in [4.69, 9.17) is 4.74 Å². The minimum atomic E-state index is -1.45. The summed E-state index contributed by atoms with van der Waals surface area (Å²) >= 11 is -1.39. The zero-order valence-corrected chi connectivity index (χ0v) is 8.75. The van der Waals surface area contributed by atoms with E-state index >= 15 is 0 Å². The zero-order chi connectivity index (χ0) is 10.2. The van der Waals surface area contributed by atoms with E-state index in [2.05, 4.69) is 0 Å². The summed E-state index contributed by atoms with van der Waals surface area (Å²) in [5, 5.41) is 0. The molecule has 0 N–H and O–H groups in total. The highest BCUT2D eigenvalue weighted by molar-refractivity contribution is 7.91. The van der Waals surface area contributed by atoms with Crippen LogP contribution >= 0.6 is 0 Å². The highest BCUT2D eigenvalue weighted by Crippen LogP contribution is 2.38. The summed E-state index contributed by atoms with van der Waals surface area (Å²) in [5.74, 6) is -0.0721. The van der Waals surface area contributed by atoms with Crippen molar-refractivity contribution in [2.24, 2.45) is 0 Å². The largest absolute Gasteiger partial charge is 0.616 e. The Kier molecular flexibility index (Phi) is 2.74. The van der Waals surface area contributed by atoms with Crippen LogP contribution in [0.2, 0.25) is 0 Å². The van der Waals surface area contributed by atoms with E-state index in [1.54, 1.807) is 0 Å². The van der Waals surface area contributed by atoms with Gasteiger partial charge in [0.15, 0.2) is 5.67 Å². The molecule has 1 unspecified atom stereocenters. The van der Waals surface area contributed by atoms with Gasteiger partial charge in [0, 0.05) is 0 Å². The highest BCUT2D eigenvalue weighted by Gasteiger charge is 2.47. The summed E-state index contributed by atoms with van der Waals surface area (Å²) in [6, 6.07) is 0. The monoisotopic (exact) mass is 224 g/mol. The Bertz CT molecular complexity index is 195. The Hall–Kier alpha value is 0.130. The Balaban J connectivity index is 1.75. The van der Waals surface area contributed by atoms with Crippen LogP contribution < -0.4 is 0 Å². The first-order valence-corrected chi connectivity index (χ1v) is 6.31. The average Bonchev–Trinajstić information content (AvgIpc) is 1.98. The highest BCUT2D eigenvalue weighted by atomic mass is 32.2. The molecule has 2 fully saturated rings. The van der Waals surface area contributed by atoms with E-state index in [9.17, 15) is 13.3 Å². The molecule has 1 atom stereocenters. The van der Waals surface area contributed by atoms with Crippen LogP contribution in [-0.4, -0.2) is 40.6 Å². The third kappa shape index (κ3) is 2.20. The SMILES string of the molecule is [O-][S+](CC1(F)CCC1)CC1(F)COC1. The second-order valence-corrected chi connectivity index (χ2v) is 5.83. The van der Waals surface area contributed by atoms with Gasteiger partial charge >= 0.3 is 0 Å². The molecule has 2 nitrogen and oxygen atoms in total. The fourth-order valence-corrected chi connectivity index (χ4v) is 3.45. The predicted molar refractivity (Wildman–Crippen MR) is 50.2 cm³/mol. The fraction of sp³-hybridized carbons (Fsp3) is 1.00. The van der Waals surface area contributed by atoms with Crippen LogP contribution in [0.4, 0.5) is 8.78 Å². The Labute approximate surface area is 85.2 Å². The molecule has 0 spiro atoms. The van der Waals surface area contributed by atoms with Crippen molar-refractivity contribution >= 4 is 11.2 Å². The van der Waals surface area contributed by atoms with E-state index in [1.165, 1.54) is 0 Å². The van der Waals surface area contributed by atoms with Crippen LogP contribution in [0.1, 0.15) is 19.3 Å². The lowest BCUT2D eigenvalue weighted by Crippen LogP contribution is -2.52. The molecular formula is C9H14F2O2S. The predicted octanol–water partition coefficient (Wildman–Crippen LogP) is 1.37. The van der Waals surface area contributed by atoms with E-state index in [-0.39, 0.29) is 24.7 Å². The van der Waals surface area contributed by atoms with Crippen LogP contribution in [-0.2, 0) is 15.9 Å². The minimum absolute atomic E-state index is 0.00132. The van der Waals surface area contributed by atoms with Crippen molar-refractivity contribution in [1.29, 1.82) is 0 Å². The molecule has 1 aliphatic carbocycles. The van der Waals surface area contributed by atoms with Crippen LogP contribution in [0, 0.1) is 0 Å². The van der Waals surface area contributed by atoms with Gasteiger partial charge in [-0.15, -0.1) is 0 Å². The molecule has 5 heteroatoms. The van der Waals surface area contributed by atoms with E-state index < -0.39 is 22.5 Å². The van der Waals surface area contributed by atoms with Gasteiger partial charge in [-0.2, -0.15) is 0 Å². The van der Waals surface area contributed by atoms with Crippen molar-refractivity contribution in [1.82, 2.24) is 0 Å². The standard InChI is InChI=1S/C9H14F2O2S/c10-8(2-1-3-8)6-14(12)7-9(11)4-13-5-9/h1-7H2. The van der Waals surface area contributed by atoms with Crippen LogP contribution in [0.3, 0.4) is 0 Å². The maximum atomic E-state index is 13.5. The molecule has 2 aliphatic rings. The molecule has 2 rings (SSSR count). The summed E-state index contributed by atoms with van der Waals surface area (Å²) in [7, 11) is 0. The Morgan fingerprint density at radius 2 is 1.71 bits per heavy atom. The van der Waals surface area contributed by atoms with Gasteiger partial charge < -0.3 is 9.29 Å². The number of rotatable bonds is 4. The molecule has 0 bridgehead atoms. The van der Waals surface area contributed by atoms with Crippen molar-refractivity contribution in [2.45, 2.75) is 30.6 Å². The third-order valence-corrected chi connectivity index (χ3v) is 4.49. The van der Waals surface area contributed by atoms with E-state index in [1.807, 2.05) is 0 Å². The van der Waals surface area contributed by atoms with Crippen molar-refractivity contribution < 1.29 is 18.1 Å². The number of hydrogen-bond donors (Lipinski definition) is 0. The molecule has 0 aromatic rings. The van der Waals surface area contributed by atoms with Crippen molar-refractivity contribution in [3.63, 3.8) is 0 Å². The molecular weight excluding hydrogens is 210 g/mol. The first-order valence-electron chi connectivity index (χ1n) is 4.82. The van der Waals surface area contributed by atoms with Gasteiger partial charge in [0.05, 0.1) is 13.2 Å².